The number of carbonyl (C=O) groups is 1. The zero-order valence-corrected chi connectivity index (χ0v) is 23.6. The van der Waals surface area contributed by atoms with E-state index in [2.05, 4.69) is 27.5 Å². The molecular formula is C24H32ClIN4O3S. The van der Waals surface area contributed by atoms with Crippen molar-refractivity contribution < 1.29 is 14.6 Å². The van der Waals surface area contributed by atoms with Gasteiger partial charge in [0.05, 0.1) is 29.9 Å². The number of aromatic nitrogens is 2. The second-order valence-corrected chi connectivity index (χ2v) is 12.6. The van der Waals surface area contributed by atoms with Crippen molar-refractivity contribution in [2.45, 2.75) is 52.0 Å². The van der Waals surface area contributed by atoms with E-state index in [0.717, 1.165) is 50.7 Å². The summed E-state index contributed by atoms with van der Waals surface area (Å²) in [6, 6.07) is 5.86. The van der Waals surface area contributed by atoms with Crippen LogP contribution in [0.1, 0.15) is 32.0 Å². The standard InChI is InChI=1S/C24H32ClIN4O3S/c1-24(2,3)33-23(32)29-7-6-21-18(15-29)22(16-4-5-19(25)20(26)12-16)27-30(21)14-17(31)13-28-8-10-34-11-9-28/h4-5,12,17,31H,6-11,13-15H2,1-3H3/t17-/m0/s1. The van der Waals surface area contributed by atoms with Gasteiger partial charge in [-0.15, -0.1) is 0 Å². The first-order valence-corrected chi connectivity index (χ1v) is 14.2. The van der Waals surface area contributed by atoms with Gasteiger partial charge in [0.25, 0.3) is 0 Å². The van der Waals surface area contributed by atoms with Crippen LogP contribution in [0, 0.1) is 3.57 Å². The highest BCUT2D eigenvalue weighted by molar-refractivity contribution is 14.1. The van der Waals surface area contributed by atoms with E-state index >= 15 is 0 Å². The quantitative estimate of drug-likeness (QED) is 0.498. The van der Waals surface area contributed by atoms with Crippen LogP contribution >= 0.6 is 46.0 Å². The van der Waals surface area contributed by atoms with Gasteiger partial charge in [0, 0.05) is 64.5 Å². The van der Waals surface area contributed by atoms with Crippen LogP contribution in [-0.4, -0.2) is 80.2 Å². The topological polar surface area (TPSA) is 70.8 Å². The normalized spacial score (nSPS) is 18.0. The lowest BCUT2D eigenvalue weighted by Crippen LogP contribution is -2.41. The number of hydrogen-bond acceptors (Lipinski definition) is 6. The number of ether oxygens (including phenoxy) is 1. The monoisotopic (exact) mass is 618 g/mol. The van der Waals surface area contributed by atoms with E-state index in [1.54, 1.807) is 4.90 Å². The molecule has 0 aliphatic carbocycles. The second-order valence-electron chi connectivity index (χ2n) is 9.80. The Morgan fingerprint density at radius 2 is 2.00 bits per heavy atom. The summed E-state index contributed by atoms with van der Waals surface area (Å²) in [4.78, 5) is 16.9. The number of carbonyl (C=O) groups excluding carboxylic acids is 1. The molecule has 7 nitrogen and oxygen atoms in total. The van der Waals surface area contributed by atoms with Gasteiger partial charge in [0.15, 0.2) is 0 Å². The minimum absolute atomic E-state index is 0.314. The molecule has 1 atom stereocenters. The Balaban J connectivity index is 1.61. The number of benzene rings is 1. The fourth-order valence-electron chi connectivity index (χ4n) is 4.34. The molecule has 10 heteroatoms. The van der Waals surface area contributed by atoms with E-state index in [0.29, 0.717) is 37.6 Å². The summed E-state index contributed by atoms with van der Waals surface area (Å²) in [5.74, 6) is 2.23. The number of β-amino-alcohol motifs (C(OH)–C–C–N with tert-alkyl or cyclic N) is 1. The summed E-state index contributed by atoms with van der Waals surface area (Å²) >= 11 is 10.4. The lowest BCUT2D eigenvalue weighted by Gasteiger charge is -2.31. The Kier molecular flexibility index (Phi) is 8.39. The molecule has 2 aliphatic heterocycles. The van der Waals surface area contributed by atoms with E-state index < -0.39 is 11.7 Å². The van der Waals surface area contributed by atoms with Gasteiger partial charge >= 0.3 is 6.09 Å². The van der Waals surface area contributed by atoms with E-state index in [1.165, 1.54) is 0 Å². The molecule has 1 saturated heterocycles. The first-order chi connectivity index (χ1) is 16.1. The Labute approximate surface area is 224 Å². The predicted octanol–water partition coefficient (Wildman–Crippen LogP) is 4.51. The molecule has 34 heavy (non-hydrogen) atoms. The molecule has 3 heterocycles. The maximum atomic E-state index is 12.8. The zero-order chi connectivity index (χ0) is 24.5. The molecule has 2 aliphatic rings. The highest BCUT2D eigenvalue weighted by atomic mass is 127. The number of fused-ring (bicyclic) bond motifs is 1. The minimum atomic E-state index is -0.548. The van der Waals surface area contributed by atoms with Gasteiger partial charge in [0.1, 0.15) is 5.60 Å². The fourth-order valence-corrected chi connectivity index (χ4v) is 5.95. The van der Waals surface area contributed by atoms with E-state index in [9.17, 15) is 9.90 Å². The third-order valence-corrected chi connectivity index (χ3v) is 8.42. The Hall–Kier alpha value is -1.01. The first-order valence-electron chi connectivity index (χ1n) is 11.6. The number of hydrogen-bond donors (Lipinski definition) is 1. The highest BCUT2D eigenvalue weighted by Gasteiger charge is 2.31. The summed E-state index contributed by atoms with van der Waals surface area (Å²) < 4.78 is 8.52. The van der Waals surface area contributed by atoms with Crippen LogP contribution in [0.4, 0.5) is 4.79 Å². The molecule has 4 rings (SSSR count). The lowest BCUT2D eigenvalue weighted by atomic mass is 10.0. The molecule has 1 amide bonds. The number of rotatable bonds is 5. The molecule has 1 aromatic carbocycles. The predicted molar refractivity (Wildman–Crippen MR) is 146 cm³/mol. The average molecular weight is 619 g/mol. The van der Waals surface area contributed by atoms with Crippen LogP contribution in [0.2, 0.25) is 5.02 Å². The molecule has 0 bridgehead atoms. The van der Waals surface area contributed by atoms with Gasteiger partial charge in [-0.05, 0) is 55.5 Å². The van der Waals surface area contributed by atoms with E-state index in [4.69, 9.17) is 21.4 Å². The molecule has 186 valence electrons. The number of thioether (sulfide) groups is 1. The van der Waals surface area contributed by atoms with E-state index in [1.807, 2.05) is 55.4 Å². The van der Waals surface area contributed by atoms with Crippen LogP contribution < -0.4 is 0 Å². The van der Waals surface area contributed by atoms with Gasteiger partial charge < -0.3 is 14.7 Å². The van der Waals surface area contributed by atoms with Crippen molar-refractivity contribution in [3.8, 4) is 11.3 Å². The third kappa shape index (κ3) is 6.40. The molecule has 1 fully saturated rings. The number of halogens is 2. The third-order valence-electron chi connectivity index (χ3n) is 5.94. The van der Waals surface area contributed by atoms with Crippen LogP contribution in [0.15, 0.2) is 18.2 Å². The SMILES string of the molecule is CC(C)(C)OC(=O)N1CCc2c(c(-c3ccc(Cl)c(I)c3)nn2C[C@@H](O)CN2CCSCC2)C1. The number of aliphatic hydroxyl groups is 1. The number of amides is 1. The Morgan fingerprint density at radius 1 is 1.26 bits per heavy atom. The molecule has 0 saturated carbocycles. The van der Waals surface area contributed by atoms with Crippen molar-refractivity contribution in [2.24, 2.45) is 0 Å². The van der Waals surface area contributed by atoms with Gasteiger partial charge in [-0.1, -0.05) is 17.7 Å². The Morgan fingerprint density at radius 3 is 2.68 bits per heavy atom. The maximum Gasteiger partial charge on any atom is 0.410 e. The highest BCUT2D eigenvalue weighted by Crippen LogP contribution is 2.33. The van der Waals surface area contributed by atoms with Crippen LogP contribution in [0.25, 0.3) is 11.3 Å². The van der Waals surface area contributed by atoms with Crippen molar-refractivity contribution in [1.82, 2.24) is 19.6 Å². The largest absolute Gasteiger partial charge is 0.444 e. The van der Waals surface area contributed by atoms with Crippen molar-refractivity contribution in [3.63, 3.8) is 0 Å². The molecule has 1 N–H and O–H groups in total. The van der Waals surface area contributed by atoms with Gasteiger partial charge in [-0.25, -0.2) is 4.79 Å². The van der Waals surface area contributed by atoms with Crippen LogP contribution in [-0.2, 0) is 24.2 Å². The molecule has 1 aromatic heterocycles. The minimum Gasteiger partial charge on any atom is -0.444 e. The Bertz CT molecular complexity index is 1040. The lowest BCUT2D eigenvalue weighted by molar-refractivity contribution is 0.0221. The van der Waals surface area contributed by atoms with Crippen LogP contribution in [0.3, 0.4) is 0 Å². The van der Waals surface area contributed by atoms with Crippen LogP contribution in [0.5, 0.6) is 0 Å². The van der Waals surface area contributed by atoms with Crippen molar-refractivity contribution in [1.29, 1.82) is 0 Å². The van der Waals surface area contributed by atoms with Crippen molar-refractivity contribution >= 4 is 52.0 Å². The number of aliphatic hydroxyl groups excluding tert-OH is 1. The smallest absolute Gasteiger partial charge is 0.410 e. The molecule has 0 spiro atoms. The first kappa shape index (κ1) is 26.1. The van der Waals surface area contributed by atoms with Gasteiger partial charge in [-0.3, -0.25) is 9.58 Å². The van der Waals surface area contributed by atoms with Gasteiger partial charge in [-0.2, -0.15) is 16.9 Å². The fraction of sp³-hybridized carbons (Fsp3) is 0.583. The van der Waals surface area contributed by atoms with Gasteiger partial charge in [0.2, 0.25) is 0 Å². The maximum absolute atomic E-state index is 12.8. The summed E-state index contributed by atoms with van der Waals surface area (Å²) in [7, 11) is 0. The average Bonchev–Trinajstić information content (AvgIpc) is 3.12. The molecular weight excluding hydrogens is 587 g/mol. The molecule has 2 aromatic rings. The summed E-state index contributed by atoms with van der Waals surface area (Å²) in [6.07, 6.45) is -0.154. The van der Waals surface area contributed by atoms with Crippen molar-refractivity contribution in [2.75, 3.05) is 37.7 Å². The summed E-state index contributed by atoms with van der Waals surface area (Å²) in [6.45, 7) is 9.72. The second kappa shape index (κ2) is 10.9. The summed E-state index contributed by atoms with van der Waals surface area (Å²) in [5, 5.41) is 16.5. The zero-order valence-electron chi connectivity index (χ0n) is 19.9. The molecule has 0 radical (unpaired) electrons. The number of nitrogens with zero attached hydrogens (tertiary/aromatic N) is 4. The van der Waals surface area contributed by atoms with Crippen molar-refractivity contribution in [3.05, 3.63) is 38.0 Å². The summed E-state index contributed by atoms with van der Waals surface area (Å²) in [5.41, 5.74) is 3.33. The molecule has 0 unspecified atom stereocenters. The van der Waals surface area contributed by atoms with E-state index in [-0.39, 0.29) is 6.09 Å².